The normalized spacial score (nSPS) is 16.2. The summed E-state index contributed by atoms with van der Waals surface area (Å²) in [6.45, 7) is 11.6. The first-order valence-corrected chi connectivity index (χ1v) is 4.09. The summed E-state index contributed by atoms with van der Waals surface area (Å²) in [5.41, 5.74) is 0. The molecular formula is C10H24. The first-order valence-electron chi connectivity index (χ1n) is 4.09. The first kappa shape index (κ1) is 12.7. The molecule has 0 spiro atoms. The van der Waals surface area contributed by atoms with E-state index in [0.29, 0.717) is 0 Å². The standard InChI is InChI=1S/C9H20.CH4/c1-6-8(4)9(5)7(2)3;/h7-9H,6H2,1-5H3;1H4/t8-,9+;/m0./s1. The van der Waals surface area contributed by atoms with Crippen LogP contribution in [0.4, 0.5) is 0 Å². The topological polar surface area (TPSA) is 0 Å². The van der Waals surface area contributed by atoms with Crippen molar-refractivity contribution in [1.29, 1.82) is 0 Å². The van der Waals surface area contributed by atoms with Crippen LogP contribution in [-0.2, 0) is 0 Å². The van der Waals surface area contributed by atoms with Crippen LogP contribution in [0.3, 0.4) is 0 Å². The lowest BCUT2D eigenvalue weighted by molar-refractivity contribution is 0.289. The zero-order valence-corrected chi connectivity index (χ0v) is 7.44. The fourth-order valence-corrected chi connectivity index (χ4v) is 1.03. The second-order valence-corrected chi connectivity index (χ2v) is 3.49. The Hall–Kier alpha value is 0. The third-order valence-corrected chi connectivity index (χ3v) is 2.59. The van der Waals surface area contributed by atoms with Gasteiger partial charge in [0.15, 0.2) is 0 Å². The molecule has 0 saturated heterocycles. The van der Waals surface area contributed by atoms with Gasteiger partial charge in [0.05, 0.1) is 0 Å². The van der Waals surface area contributed by atoms with Gasteiger partial charge in [0, 0.05) is 0 Å². The Bertz CT molecular complexity index is 64.4. The molecule has 0 nitrogen and oxygen atoms in total. The summed E-state index contributed by atoms with van der Waals surface area (Å²) in [7, 11) is 0. The predicted octanol–water partition coefficient (Wildman–Crippen LogP) is 3.96. The van der Waals surface area contributed by atoms with Gasteiger partial charge >= 0.3 is 0 Å². The Morgan fingerprint density at radius 3 is 1.50 bits per heavy atom. The van der Waals surface area contributed by atoms with Crippen molar-refractivity contribution < 1.29 is 0 Å². The summed E-state index contributed by atoms with van der Waals surface area (Å²) in [4.78, 5) is 0. The molecule has 0 heterocycles. The molecule has 0 aliphatic carbocycles. The highest BCUT2D eigenvalue weighted by Gasteiger charge is 2.12. The third-order valence-electron chi connectivity index (χ3n) is 2.59. The van der Waals surface area contributed by atoms with Crippen LogP contribution in [0.1, 0.15) is 48.5 Å². The molecule has 0 radical (unpaired) electrons. The molecule has 0 aromatic heterocycles. The molecule has 0 fully saturated rings. The van der Waals surface area contributed by atoms with E-state index in [1.54, 1.807) is 0 Å². The average Bonchev–Trinajstić information content (AvgIpc) is 1.84. The Morgan fingerprint density at radius 1 is 1.00 bits per heavy atom. The molecule has 0 aliphatic heterocycles. The summed E-state index contributed by atoms with van der Waals surface area (Å²) in [6.07, 6.45) is 1.32. The molecule has 0 bridgehead atoms. The summed E-state index contributed by atoms with van der Waals surface area (Å²) in [5, 5.41) is 0. The van der Waals surface area contributed by atoms with E-state index in [0.717, 1.165) is 17.8 Å². The molecule has 0 amide bonds. The Kier molecular flexibility index (Phi) is 7.29. The molecule has 0 unspecified atom stereocenters. The largest absolute Gasteiger partial charge is 0.0776 e. The first-order chi connectivity index (χ1) is 4.09. The molecule has 0 aromatic carbocycles. The van der Waals surface area contributed by atoms with Crippen molar-refractivity contribution in [3.63, 3.8) is 0 Å². The van der Waals surface area contributed by atoms with Crippen LogP contribution in [0, 0.1) is 17.8 Å². The van der Waals surface area contributed by atoms with Crippen molar-refractivity contribution in [1.82, 2.24) is 0 Å². The smallest absolute Gasteiger partial charge is 0.0394 e. The molecule has 0 saturated carbocycles. The summed E-state index contributed by atoms with van der Waals surface area (Å²) < 4.78 is 0. The molecule has 2 atom stereocenters. The van der Waals surface area contributed by atoms with E-state index >= 15 is 0 Å². The van der Waals surface area contributed by atoms with E-state index in [4.69, 9.17) is 0 Å². The molecule has 0 heteroatoms. The maximum absolute atomic E-state index is 2.35. The SMILES string of the molecule is C.CC[C@H](C)[C@H](C)C(C)C. The lowest BCUT2D eigenvalue weighted by Crippen LogP contribution is -2.12. The highest BCUT2D eigenvalue weighted by atomic mass is 14.2. The molecule has 0 N–H and O–H groups in total. The van der Waals surface area contributed by atoms with Gasteiger partial charge in [-0.1, -0.05) is 48.5 Å². The van der Waals surface area contributed by atoms with Crippen LogP contribution >= 0.6 is 0 Å². The van der Waals surface area contributed by atoms with Gasteiger partial charge < -0.3 is 0 Å². The van der Waals surface area contributed by atoms with Crippen LogP contribution in [0.5, 0.6) is 0 Å². The quantitative estimate of drug-likeness (QED) is 0.562. The Morgan fingerprint density at radius 2 is 1.40 bits per heavy atom. The van der Waals surface area contributed by atoms with Crippen molar-refractivity contribution in [3.8, 4) is 0 Å². The summed E-state index contributed by atoms with van der Waals surface area (Å²) >= 11 is 0. The molecule has 10 heavy (non-hydrogen) atoms. The Balaban J connectivity index is 0. The van der Waals surface area contributed by atoms with Crippen molar-refractivity contribution in [2.45, 2.75) is 48.5 Å². The zero-order valence-electron chi connectivity index (χ0n) is 7.44. The Labute approximate surface area is 67.0 Å². The van der Waals surface area contributed by atoms with Gasteiger partial charge in [-0.2, -0.15) is 0 Å². The summed E-state index contributed by atoms with van der Waals surface area (Å²) in [5.74, 6) is 2.62. The molecule has 64 valence electrons. The lowest BCUT2D eigenvalue weighted by Gasteiger charge is -2.21. The zero-order chi connectivity index (χ0) is 7.44. The van der Waals surface area contributed by atoms with Crippen LogP contribution in [0.25, 0.3) is 0 Å². The van der Waals surface area contributed by atoms with Crippen molar-refractivity contribution >= 4 is 0 Å². The fraction of sp³-hybridized carbons (Fsp3) is 1.00. The van der Waals surface area contributed by atoms with Crippen LogP contribution < -0.4 is 0 Å². The van der Waals surface area contributed by atoms with Gasteiger partial charge in [-0.25, -0.2) is 0 Å². The van der Waals surface area contributed by atoms with Crippen LogP contribution in [-0.4, -0.2) is 0 Å². The minimum Gasteiger partial charge on any atom is -0.0776 e. The van der Waals surface area contributed by atoms with Crippen LogP contribution in [0.2, 0.25) is 0 Å². The van der Waals surface area contributed by atoms with Crippen molar-refractivity contribution in [2.75, 3.05) is 0 Å². The minimum atomic E-state index is 0. The molecule has 0 aromatic rings. The maximum Gasteiger partial charge on any atom is -0.0394 e. The van der Waals surface area contributed by atoms with Gasteiger partial charge in [-0.05, 0) is 17.8 Å². The predicted molar refractivity (Wildman–Crippen MR) is 50.2 cm³/mol. The monoisotopic (exact) mass is 144 g/mol. The molecule has 0 aliphatic rings. The second-order valence-electron chi connectivity index (χ2n) is 3.49. The van der Waals surface area contributed by atoms with E-state index in [1.165, 1.54) is 6.42 Å². The second kappa shape index (κ2) is 5.76. The number of hydrogen-bond acceptors (Lipinski definition) is 0. The minimum absolute atomic E-state index is 0. The van der Waals surface area contributed by atoms with E-state index in [9.17, 15) is 0 Å². The van der Waals surface area contributed by atoms with E-state index < -0.39 is 0 Å². The average molecular weight is 144 g/mol. The maximum atomic E-state index is 2.35. The number of rotatable bonds is 3. The highest BCUT2D eigenvalue weighted by Crippen LogP contribution is 2.21. The van der Waals surface area contributed by atoms with Crippen molar-refractivity contribution in [3.05, 3.63) is 0 Å². The van der Waals surface area contributed by atoms with Gasteiger partial charge in [-0.3, -0.25) is 0 Å². The summed E-state index contributed by atoms with van der Waals surface area (Å²) in [6, 6.07) is 0. The van der Waals surface area contributed by atoms with Crippen molar-refractivity contribution in [2.24, 2.45) is 17.8 Å². The van der Waals surface area contributed by atoms with E-state index in [2.05, 4.69) is 34.6 Å². The van der Waals surface area contributed by atoms with Gasteiger partial charge in [-0.15, -0.1) is 0 Å². The fourth-order valence-electron chi connectivity index (χ4n) is 1.03. The van der Waals surface area contributed by atoms with E-state index in [1.807, 2.05) is 0 Å². The lowest BCUT2D eigenvalue weighted by atomic mass is 9.85. The van der Waals surface area contributed by atoms with Gasteiger partial charge in [0.1, 0.15) is 0 Å². The molecular weight excluding hydrogens is 120 g/mol. The van der Waals surface area contributed by atoms with Gasteiger partial charge in [0.2, 0.25) is 0 Å². The highest BCUT2D eigenvalue weighted by molar-refractivity contribution is 4.62. The third kappa shape index (κ3) is 3.92. The molecule has 0 rings (SSSR count). The van der Waals surface area contributed by atoms with E-state index in [-0.39, 0.29) is 7.43 Å². The van der Waals surface area contributed by atoms with Crippen LogP contribution in [0.15, 0.2) is 0 Å². The van der Waals surface area contributed by atoms with Gasteiger partial charge in [0.25, 0.3) is 0 Å². The number of hydrogen-bond donors (Lipinski definition) is 0.